The van der Waals surface area contributed by atoms with E-state index in [0.717, 1.165) is 0 Å². The Labute approximate surface area is 132 Å². The quantitative estimate of drug-likeness (QED) is 0.934. The molecule has 0 aromatic heterocycles. The molecule has 0 unspecified atom stereocenters. The third-order valence-electron chi connectivity index (χ3n) is 3.56. The van der Waals surface area contributed by atoms with Crippen LogP contribution in [0.15, 0.2) is 47.4 Å². The molecular formula is C15H12ClNO4S. The number of benzene rings is 2. The molecule has 22 heavy (non-hydrogen) atoms. The molecule has 3 rings (SSSR count). The van der Waals surface area contributed by atoms with E-state index >= 15 is 0 Å². The molecule has 1 aliphatic heterocycles. The number of sulfonamides is 1. The summed E-state index contributed by atoms with van der Waals surface area (Å²) in [5, 5.41) is 9.35. The molecule has 0 saturated carbocycles. The lowest BCUT2D eigenvalue weighted by atomic mass is 10.1. The molecule has 0 amide bonds. The van der Waals surface area contributed by atoms with Crippen LogP contribution in [0.25, 0.3) is 0 Å². The number of nitrogens with zero attached hydrogens (tertiary/aromatic N) is 1. The third-order valence-corrected chi connectivity index (χ3v) is 5.61. The predicted octanol–water partition coefficient (Wildman–Crippen LogP) is 2.79. The lowest BCUT2D eigenvalue weighted by molar-refractivity contribution is 0.0697. The molecule has 0 aliphatic carbocycles. The first-order valence-corrected chi connectivity index (χ1v) is 8.36. The van der Waals surface area contributed by atoms with E-state index in [4.69, 9.17) is 16.7 Å². The van der Waals surface area contributed by atoms with Crippen molar-refractivity contribution in [2.45, 2.75) is 11.3 Å². The van der Waals surface area contributed by atoms with Crippen LogP contribution in [-0.4, -0.2) is 26.0 Å². The van der Waals surface area contributed by atoms with E-state index in [1.807, 2.05) is 0 Å². The van der Waals surface area contributed by atoms with Gasteiger partial charge in [0.25, 0.3) is 10.0 Å². The van der Waals surface area contributed by atoms with Crippen LogP contribution in [0.5, 0.6) is 0 Å². The van der Waals surface area contributed by atoms with Crippen molar-refractivity contribution in [1.82, 2.24) is 0 Å². The maximum Gasteiger partial charge on any atom is 0.335 e. The van der Waals surface area contributed by atoms with Gasteiger partial charge in [-0.3, -0.25) is 4.31 Å². The van der Waals surface area contributed by atoms with E-state index in [-0.39, 0.29) is 17.0 Å². The molecule has 114 valence electrons. The summed E-state index contributed by atoms with van der Waals surface area (Å²) in [5.74, 6) is -1.03. The average molecular weight is 338 g/mol. The maximum atomic E-state index is 12.7. The van der Waals surface area contributed by atoms with Crippen molar-refractivity contribution >= 4 is 33.3 Å². The van der Waals surface area contributed by atoms with Gasteiger partial charge in [-0.15, -0.1) is 0 Å². The van der Waals surface area contributed by atoms with Gasteiger partial charge >= 0.3 is 5.97 Å². The standard InChI is InChI=1S/C15H12ClNO4S/c16-12-2-1-3-13(9-12)22(20,21)17-7-6-10-8-11(15(18)19)4-5-14(10)17/h1-5,8-9H,6-7H2,(H,18,19). The number of halogens is 1. The fraction of sp³-hybridized carbons (Fsp3) is 0.133. The van der Waals surface area contributed by atoms with Crippen molar-refractivity contribution in [3.63, 3.8) is 0 Å². The van der Waals surface area contributed by atoms with Crippen molar-refractivity contribution < 1.29 is 18.3 Å². The van der Waals surface area contributed by atoms with Crippen molar-refractivity contribution in [1.29, 1.82) is 0 Å². The molecule has 5 nitrogen and oxygen atoms in total. The molecular weight excluding hydrogens is 326 g/mol. The zero-order valence-electron chi connectivity index (χ0n) is 11.4. The number of anilines is 1. The molecule has 0 saturated heterocycles. The molecule has 1 N–H and O–H groups in total. The number of carboxylic acid groups (broad SMARTS) is 1. The SMILES string of the molecule is O=C(O)c1ccc2c(c1)CCN2S(=O)(=O)c1cccc(Cl)c1. The summed E-state index contributed by atoms with van der Waals surface area (Å²) in [6, 6.07) is 10.6. The van der Waals surface area contributed by atoms with Crippen molar-refractivity contribution in [3.8, 4) is 0 Å². The Bertz CT molecular complexity index is 864. The highest BCUT2D eigenvalue weighted by atomic mass is 35.5. The summed E-state index contributed by atoms with van der Waals surface area (Å²) >= 11 is 5.87. The topological polar surface area (TPSA) is 74.7 Å². The van der Waals surface area contributed by atoms with E-state index in [1.165, 1.54) is 34.6 Å². The van der Waals surface area contributed by atoms with Gasteiger partial charge in [0.15, 0.2) is 0 Å². The van der Waals surface area contributed by atoms with E-state index in [9.17, 15) is 13.2 Å². The van der Waals surface area contributed by atoms with Gasteiger partial charge in [0.1, 0.15) is 0 Å². The molecule has 0 fully saturated rings. The maximum absolute atomic E-state index is 12.7. The van der Waals surface area contributed by atoms with Crippen LogP contribution in [0.1, 0.15) is 15.9 Å². The van der Waals surface area contributed by atoms with Crippen LogP contribution in [0, 0.1) is 0 Å². The monoisotopic (exact) mass is 337 g/mol. The van der Waals surface area contributed by atoms with E-state index < -0.39 is 16.0 Å². The number of aromatic carboxylic acids is 1. The fourth-order valence-electron chi connectivity index (χ4n) is 2.51. The summed E-state index contributed by atoms with van der Waals surface area (Å²) in [4.78, 5) is 11.1. The minimum Gasteiger partial charge on any atom is -0.478 e. The minimum absolute atomic E-state index is 0.121. The Morgan fingerprint density at radius 3 is 2.64 bits per heavy atom. The highest BCUT2D eigenvalue weighted by molar-refractivity contribution is 7.92. The van der Waals surface area contributed by atoms with E-state index in [2.05, 4.69) is 0 Å². The zero-order chi connectivity index (χ0) is 15.9. The van der Waals surface area contributed by atoms with Gasteiger partial charge in [-0.25, -0.2) is 13.2 Å². The average Bonchev–Trinajstić information content (AvgIpc) is 2.90. The molecule has 2 aromatic carbocycles. The summed E-state index contributed by atoms with van der Waals surface area (Å²) in [5.41, 5.74) is 1.39. The van der Waals surface area contributed by atoms with Gasteiger partial charge in [0.05, 0.1) is 16.1 Å². The Hall–Kier alpha value is -2.05. The highest BCUT2D eigenvalue weighted by Gasteiger charge is 2.31. The lowest BCUT2D eigenvalue weighted by Crippen LogP contribution is -2.29. The first-order valence-electron chi connectivity index (χ1n) is 6.54. The second-order valence-corrected chi connectivity index (χ2v) is 7.23. The predicted molar refractivity (Wildman–Crippen MR) is 83.1 cm³/mol. The second kappa shape index (κ2) is 5.30. The fourth-order valence-corrected chi connectivity index (χ4v) is 4.31. The first kappa shape index (κ1) is 14.9. The van der Waals surface area contributed by atoms with Gasteiger partial charge in [0, 0.05) is 11.6 Å². The van der Waals surface area contributed by atoms with Gasteiger partial charge in [0.2, 0.25) is 0 Å². The Morgan fingerprint density at radius 1 is 1.18 bits per heavy atom. The molecule has 0 spiro atoms. The number of fused-ring (bicyclic) bond motifs is 1. The first-order chi connectivity index (χ1) is 10.4. The minimum atomic E-state index is -3.71. The summed E-state index contributed by atoms with van der Waals surface area (Å²) in [7, 11) is -3.71. The second-order valence-electron chi connectivity index (χ2n) is 4.93. The highest BCUT2D eigenvalue weighted by Crippen LogP contribution is 2.34. The number of hydrogen-bond donors (Lipinski definition) is 1. The normalized spacial score (nSPS) is 14.0. The van der Waals surface area contributed by atoms with Crippen molar-refractivity contribution in [3.05, 3.63) is 58.6 Å². The summed E-state index contributed by atoms with van der Waals surface area (Å²) < 4.78 is 26.7. The molecule has 1 aliphatic rings. The van der Waals surface area contributed by atoms with Gasteiger partial charge in [-0.2, -0.15) is 0 Å². The van der Waals surface area contributed by atoms with Gasteiger partial charge in [-0.05, 0) is 48.4 Å². The molecule has 7 heteroatoms. The number of carbonyl (C=O) groups is 1. The Kier molecular flexibility index (Phi) is 3.58. The van der Waals surface area contributed by atoms with E-state index in [1.54, 1.807) is 12.1 Å². The lowest BCUT2D eigenvalue weighted by Gasteiger charge is -2.19. The van der Waals surface area contributed by atoms with Gasteiger partial charge < -0.3 is 5.11 Å². The van der Waals surface area contributed by atoms with Crippen LogP contribution >= 0.6 is 11.6 Å². The molecule has 1 heterocycles. The Balaban J connectivity index is 2.04. The van der Waals surface area contributed by atoms with Crippen LogP contribution in [0.2, 0.25) is 5.02 Å². The molecule has 0 radical (unpaired) electrons. The third kappa shape index (κ3) is 2.44. The van der Waals surface area contributed by atoms with Crippen molar-refractivity contribution in [2.24, 2.45) is 0 Å². The summed E-state index contributed by atoms with van der Waals surface area (Å²) in [6.07, 6.45) is 0.482. The zero-order valence-corrected chi connectivity index (χ0v) is 12.9. The van der Waals surface area contributed by atoms with Crippen molar-refractivity contribution in [2.75, 3.05) is 10.8 Å². The molecule has 2 aromatic rings. The smallest absolute Gasteiger partial charge is 0.335 e. The number of rotatable bonds is 3. The summed E-state index contributed by atoms with van der Waals surface area (Å²) in [6.45, 7) is 0.285. The largest absolute Gasteiger partial charge is 0.478 e. The van der Waals surface area contributed by atoms with Crippen LogP contribution in [-0.2, 0) is 16.4 Å². The molecule has 0 bridgehead atoms. The number of hydrogen-bond acceptors (Lipinski definition) is 3. The van der Waals surface area contributed by atoms with Crippen LogP contribution in [0.3, 0.4) is 0 Å². The van der Waals surface area contributed by atoms with E-state index in [0.29, 0.717) is 22.7 Å². The number of carboxylic acids is 1. The van der Waals surface area contributed by atoms with Crippen LogP contribution in [0.4, 0.5) is 5.69 Å². The van der Waals surface area contributed by atoms with Gasteiger partial charge in [-0.1, -0.05) is 17.7 Å². The Morgan fingerprint density at radius 2 is 1.95 bits per heavy atom. The van der Waals surface area contributed by atoms with Crippen LogP contribution < -0.4 is 4.31 Å². The molecule has 0 atom stereocenters.